The van der Waals surface area contributed by atoms with Gasteiger partial charge in [-0.1, -0.05) is 23.7 Å². The minimum Gasteiger partial charge on any atom is -0.492 e. The lowest BCUT2D eigenvalue weighted by Crippen LogP contribution is -2.41. The van der Waals surface area contributed by atoms with Crippen molar-refractivity contribution in [3.63, 3.8) is 0 Å². The molecule has 8 heteroatoms. The summed E-state index contributed by atoms with van der Waals surface area (Å²) in [4.78, 5) is 12.1. The molecule has 0 atom stereocenters. The summed E-state index contributed by atoms with van der Waals surface area (Å²) in [5.41, 5.74) is 1.46. The number of carbonyl (C=O) groups excluding carboxylic acids is 1. The monoisotopic (exact) mass is 396 g/mol. The third kappa shape index (κ3) is 6.24. The number of sulfonamides is 1. The molecule has 2 aromatic carbocycles. The lowest BCUT2D eigenvalue weighted by molar-refractivity contribution is -0.119. The number of halogens is 1. The number of carbonyl (C=O) groups is 1. The van der Waals surface area contributed by atoms with Crippen molar-refractivity contribution in [2.24, 2.45) is 0 Å². The Bertz CT molecular complexity index is 854. The molecule has 140 valence electrons. The van der Waals surface area contributed by atoms with Gasteiger partial charge in [0.1, 0.15) is 18.9 Å². The molecule has 1 N–H and O–H groups in total. The van der Waals surface area contributed by atoms with Crippen molar-refractivity contribution in [1.29, 1.82) is 0 Å². The fourth-order valence-corrected chi connectivity index (χ4v) is 3.24. The Hall–Kier alpha value is -2.25. The minimum atomic E-state index is -3.61. The second-order valence-electron chi connectivity index (χ2n) is 5.76. The summed E-state index contributed by atoms with van der Waals surface area (Å²) in [6.45, 7) is 2.20. The van der Waals surface area contributed by atoms with E-state index in [0.29, 0.717) is 10.7 Å². The molecular formula is C18H21ClN2O4S. The fraction of sp³-hybridized carbons (Fsp3) is 0.278. The number of anilines is 1. The molecule has 0 aliphatic rings. The van der Waals surface area contributed by atoms with Gasteiger partial charge in [-0.05, 0) is 48.9 Å². The number of amides is 1. The molecule has 0 spiro atoms. The van der Waals surface area contributed by atoms with Gasteiger partial charge in [-0.15, -0.1) is 0 Å². The highest BCUT2D eigenvalue weighted by molar-refractivity contribution is 7.92. The normalized spacial score (nSPS) is 11.0. The van der Waals surface area contributed by atoms with Gasteiger partial charge in [0.25, 0.3) is 0 Å². The zero-order valence-electron chi connectivity index (χ0n) is 14.6. The minimum absolute atomic E-state index is 0.269. The van der Waals surface area contributed by atoms with Crippen LogP contribution < -0.4 is 14.4 Å². The molecular weight excluding hydrogens is 376 g/mol. The Morgan fingerprint density at radius 3 is 2.50 bits per heavy atom. The predicted molar refractivity (Wildman–Crippen MR) is 103 cm³/mol. The van der Waals surface area contributed by atoms with Crippen molar-refractivity contribution in [3.05, 3.63) is 59.1 Å². The summed E-state index contributed by atoms with van der Waals surface area (Å²) in [6, 6.07) is 13.8. The van der Waals surface area contributed by atoms with Gasteiger partial charge in [0.2, 0.25) is 15.9 Å². The van der Waals surface area contributed by atoms with Crippen molar-refractivity contribution in [2.45, 2.75) is 6.92 Å². The molecule has 26 heavy (non-hydrogen) atoms. The van der Waals surface area contributed by atoms with Crippen LogP contribution in [0.4, 0.5) is 5.69 Å². The van der Waals surface area contributed by atoms with E-state index in [0.717, 1.165) is 21.9 Å². The van der Waals surface area contributed by atoms with Crippen LogP contribution in [0.3, 0.4) is 0 Å². The molecule has 2 aromatic rings. The molecule has 0 aromatic heterocycles. The third-order valence-corrected chi connectivity index (χ3v) is 4.88. The van der Waals surface area contributed by atoms with Gasteiger partial charge in [-0.2, -0.15) is 0 Å². The summed E-state index contributed by atoms with van der Waals surface area (Å²) in [6.07, 6.45) is 1.05. The van der Waals surface area contributed by atoms with E-state index in [1.54, 1.807) is 24.3 Å². The summed E-state index contributed by atoms with van der Waals surface area (Å²) in [5, 5.41) is 3.14. The van der Waals surface area contributed by atoms with Crippen LogP contribution in [0.25, 0.3) is 0 Å². The van der Waals surface area contributed by atoms with Crippen LogP contribution >= 0.6 is 11.6 Å². The van der Waals surface area contributed by atoms with E-state index >= 15 is 0 Å². The van der Waals surface area contributed by atoms with Gasteiger partial charge < -0.3 is 10.1 Å². The summed E-state index contributed by atoms with van der Waals surface area (Å²) < 4.78 is 30.5. The first-order chi connectivity index (χ1) is 12.3. The Morgan fingerprint density at radius 2 is 1.88 bits per heavy atom. The first kappa shape index (κ1) is 20.1. The molecule has 2 rings (SSSR count). The molecule has 0 aliphatic heterocycles. The molecule has 0 unspecified atom stereocenters. The van der Waals surface area contributed by atoms with Crippen LogP contribution in [-0.4, -0.2) is 40.3 Å². The highest BCUT2D eigenvalue weighted by Gasteiger charge is 2.20. The number of hydrogen-bond acceptors (Lipinski definition) is 4. The van der Waals surface area contributed by atoms with Crippen LogP contribution in [0, 0.1) is 6.92 Å². The molecule has 1 amide bonds. The molecule has 0 radical (unpaired) electrons. The average molecular weight is 397 g/mol. The van der Waals surface area contributed by atoms with E-state index in [4.69, 9.17) is 16.3 Å². The maximum atomic E-state index is 12.1. The second kappa shape index (κ2) is 8.91. The molecule has 0 saturated heterocycles. The smallest absolute Gasteiger partial charge is 0.240 e. The first-order valence-corrected chi connectivity index (χ1v) is 10.2. The van der Waals surface area contributed by atoms with Crippen molar-refractivity contribution >= 4 is 33.2 Å². The van der Waals surface area contributed by atoms with Gasteiger partial charge in [0.15, 0.2) is 0 Å². The maximum absolute atomic E-state index is 12.1. The number of benzene rings is 2. The maximum Gasteiger partial charge on any atom is 0.240 e. The Morgan fingerprint density at radius 1 is 1.19 bits per heavy atom. The highest BCUT2D eigenvalue weighted by Crippen LogP contribution is 2.20. The molecule has 6 nitrogen and oxygen atoms in total. The number of hydrogen-bond donors (Lipinski definition) is 1. The third-order valence-electron chi connectivity index (χ3n) is 3.48. The number of rotatable bonds is 8. The average Bonchev–Trinajstić information content (AvgIpc) is 2.57. The summed E-state index contributed by atoms with van der Waals surface area (Å²) >= 11 is 5.82. The van der Waals surface area contributed by atoms with E-state index in [2.05, 4.69) is 5.32 Å². The van der Waals surface area contributed by atoms with Gasteiger partial charge in [0, 0.05) is 5.02 Å². The molecule has 0 saturated carbocycles. The van der Waals surface area contributed by atoms with Crippen molar-refractivity contribution < 1.29 is 17.9 Å². The topological polar surface area (TPSA) is 75.7 Å². The number of ether oxygens (including phenoxy) is 1. The highest BCUT2D eigenvalue weighted by atomic mass is 35.5. The molecule has 0 heterocycles. The van der Waals surface area contributed by atoms with Crippen molar-refractivity contribution in [1.82, 2.24) is 5.32 Å². The SMILES string of the molecule is Cc1cccc(OCCNC(=O)CN(c2ccc(Cl)cc2)S(C)(=O)=O)c1. The standard InChI is InChI=1S/C18H21ClN2O4S/c1-14-4-3-5-17(12-14)25-11-10-20-18(22)13-21(26(2,23)24)16-8-6-15(19)7-9-16/h3-9,12H,10-11,13H2,1-2H3,(H,20,22). The lowest BCUT2D eigenvalue weighted by Gasteiger charge is -2.22. The van der Waals surface area contributed by atoms with Crippen LogP contribution in [0.1, 0.15) is 5.56 Å². The van der Waals surface area contributed by atoms with E-state index < -0.39 is 15.9 Å². The van der Waals surface area contributed by atoms with E-state index in [1.165, 1.54) is 0 Å². The van der Waals surface area contributed by atoms with Gasteiger partial charge in [-0.25, -0.2) is 8.42 Å². The Labute approximate surface area is 158 Å². The summed E-state index contributed by atoms with van der Waals surface area (Å²) in [7, 11) is -3.61. The van der Waals surface area contributed by atoms with Crippen molar-refractivity contribution in [3.8, 4) is 5.75 Å². The van der Waals surface area contributed by atoms with Gasteiger partial charge >= 0.3 is 0 Å². The quantitative estimate of drug-likeness (QED) is 0.696. The fourth-order valence-electron chi connectivity index (χ4n) is 2.26. The zero-order chi connectivity index (χ0) is 19.2. The predicted octanol–water partition coefficient (Wildman–Crippen LogP) is 2.61. The number of nitrogens with zero attached hydrogens (tertiary/aromatic N) is 1. The largest absolute Gasteiger partial charge is 0.492 e. The molecule has 0 bridgehead atoms. The second-order valence-corrected chi connectivity index (χ2v) is 8.10. The van der Waals surface area contributed by atoms with Gasteiger partial charge in [0.05, 0.1) is 18.5 Å². The van der Waals surface area contributed by atoms with Crippen LogP contribution in [0.5, 0.6) is 5.75 Å². The Balaban J connectivity index is 1.88. The van der Waals surface area contributed by atoms with E-state index in [1.807, 2.05) is 31.2 Å². The first-order valence-electron chi connectivity index (χ1n) is 7.95. The molecule has 0 fully saturated rings. The Kier molecular flexibility index (Phi) is 6.88. The molecule has 0 aliphatic carbocycles. The summed E-state index contributed by atoms with van der Waals surface area (Å²) in [5.74, 6) is 0.302. The zero-order valence-corrected chi connectivity index (χ0v) is 16.2. The number of nitrogens with one attached hydrogen (secondary N) is 1. The lowest BCUT2D eigenvalue weighted by atomic mass is 10.2. The van der Waals surface area contributed by atoms with E-state index in [9.17, 15) is 13.2 Å². The van der Waals surface area contributed by atoms with Crippen LogP contribution in [0.15, 0.2) is 48.5 Å². The van der Waals surface area contributed by atoms with Gasteiger partial charge in [-0.3, -0.25) is 9.10 Å². The number of aryl methyl sites for hydroxylation is 1. The van der Waals surface area contributed by atoms with E-state index in [-0.39, 0.29) is 19.7 Å². The van der Waals surface area contributed by atoms with Crippen LogP contribution in [0.2, 0.25) is 5.02 Å². The van der Waals surface area contributed by atoms with Crippen LogP contribution in [-0.2, 0) is 14.8 Å². The van der Waals surface area contributed by atoms with Crippen molar-refractivity contribution in [2.75, 3.05) is 30.3 Å².